The van der Waals surface area contributed by atoms with E-state index in [4.69, 9.17) is 5.73 Å². The van der Waals surface area contributed by atoms with Gasteiger partial charge in [-0.3, -0.25) is 4.79 Å². The average Bonchev–Trinajstić information content (AvgIpc) is 2.42. The third-order valence-corrected chi connectivity index (χ3v) is 2.85. The van der Waals surface area contributed by atoms with Crippen molar-refractivity contribution in [3.8, 4) is 0 Å². The van der Waals surface area contributed by atoms with Gasteiger partial charge < -0.3 is 15.6 Å². The van der Waals surface area contributed by atoms with Crippen molar-refractivity contribution in [1.82, 2.24) is 0 Å². The number of halogens is 1. The molecule has 0 unspecified atom stereocenters. The molecule has 6 heteroatoms. The summed E-state index contributed by atoms with van der Waals surface area (Å²) in [4.78, 5) is 22.9. The fraction of sp³-hybridized carbons (Fsp3) is 0.0667. The number of aliphatic carboxylic acids is 1. The molecule has 0 aliphatic heterocycles. The first-order chi connectivity index (χ1) is 9.49. The van der Waals surface area contributed by atoms with Crippen LogP contribution in [0.2, 0.25) is 0 Å². The number of ketones is 1. The van der Waals surface area contributed by atoms with Gasteiger partial charge >= 0.3 is 29.6 Å². The monoisotopic (exact) mass is 295 g/mol. The van der Waals surface area contributed by atoms with Crippen molar-refractivity contribution in [3.05, 3.63) is 65.0 Å². The molecule has 2 aromatic carbocycles. The van der Waals surface area contributed by atoms with Gasteiger partial charge in [-0.25, -0.2) is 4.39 Å². The summed E-state index contributed by atoms with van der Waals surface area (Å²) in [5.41, 5.74) is 6.06. The summed E-state index contributed by atoms with van der Waals surface area (Å²) in [5, 5.41) is 10.6. The molecular weight excluding hydrogens is 284 g/mol. The van der Waals surface area contributed by atoms with Crippen LogP contribution in [-0.4, -0.2) is 11.8 Å². The summed E-state index contributed by atoms with van der Waals surface area (Å²) in [6.45, 7) is 0. The van der Waals surface area contributed by atoms with E-state index in [0.717, 1.165) is 12.1 Å². The normalized spacial score (nSPS) is 9.76. The minimum atomic E-state index is -1.39. The molecule has 102 valence electrons. The van der Waals surface area contributed by atoms with Gasteiger partial charge in [0.15, 0.2) is 5.78 Å². The number of rotatable bonds is 4. The molecular formula is C15H11FNNaO3. The Hall–Kier alpha value is -1.69. The Morgan fingerprint density at radius 1 is 1.14 bits per heavy atom. The number of benzene rings is 2. The second kappa shape index (κ2) is 7.36. The van der Waals surface area contributed by atoms with Gasteiger partial charge in [-0.15, -0.1) is 0 Å². The number of nitrogens with two attached hydrogens (primary N) is 1. The third-order valence-electron chi connectivity index (χ3n) is 2.85. The van der Waals surface area contributed by atoms with Crippen LogP contribution in [0.3, 0.4) is 0 Å². The molecule has 0 heterocycles. The summed E-state index contributed by atoms with van der Waals surface area (Å²) < 4.78 is 13.5. The van der Waals surface area contributed by atoms with E-state index in [0.29, 0.717) is 5.56 Å². The zero-order valence-corrected chi connectivity index (χ0v) is 13.4. The van der Waals surface area contributed by atoms with Gasteiger partial charge in [-0.05, 0) is 17.7 Å². The minimum Gasteiger partial charge on any atom is -0.550 e. The van der Waals surface area contributed by atoms with Crippen LogP contribution in [0.4, 0.5) is 10.1 Å². The van der Waals surface area contributed by atoms with Gasteiger partial charge in [-0.2, -0.15) is 0 Å². The molecule has 0 amide bonds. The van der Waals surface area contributed by atoms with Gasteiger partial charge in [0.1, 0.15) is 5.82 Å². The van der Waals surface area contributed by atoms with E-state index in [9.17, 15) is 19.1 Å². The third kappa shape index (κ3) is 4.14. The van der Waals surface area contributed by atoms with Crippen molar-refractivity contribution in [3.63, 3.8) is 0 Å². The molecule has 2 N–H and O–H groups in total. The zero-order chi connectivity index (χ0) is 14.7. The number of carboxylic acids is 1. The number of hydrogen-bond acceptors (Lipinski definition) is 4. The minimum absolute atomic E-state index is 0. The van der Waals surface area contributed by atoms with Gasteiger partial charge in [0, 0.05) is 29.2 Å². The molecule has 0 aromatic heterocycles. The SMILES string of the molecule is Nc1c(CC(=O)[O-])cc(F)cc1C(=O)c1ccccc1.[Na+]. The van der Waals surface area contributed by atoms with Crippen molar-refractivity contribution in [2.24, 2.45) is 0 Å². The number of anilines is 1. The van der Waals surface area contributed by atoms with Crippen molar-refractivity contribution in [2.45, 2.75) is 6.42 Å². The van der Waals surface area contributed by atoms with Gasteiger partial charge in [0.2, 0.25) is 0 Å². The molecule has 0 saturated carbocycles. The Morgan fingerprint density at radius 2 is 1.76 bits per heavy atom. The molecule has 0 atom stereocenters. The summed E-state index contributed by atoms with van der Waals surface area (Å²) in [5.74, 6) is -2.56. The second-order valence-corrected chi connectivity index (χ2v) is 4.27. The number of carbonyl (C=O) groups excluding carboxylic acids is 2. The van der Waals surface area contributed by atoms with Crippen molar-refractivity contribution in [2.75, 3.05) is 5.73 Å². The van der Waals surface area contributed by atoms with Crippen LogP contribution < -0.4 is 40.4 Å². The fourth-order valence-electron chi connectivity index (χ4n) is 1.91. The van der Waals surface area contributed by atoms with Crippen LogP contribution in [0.25, 0.3) is 0 Å². The van der Waals surface area contributed by atoms with Gasteiger partial charge in [0.05, 0.1) is 0 Å². The summed E-state index contributed by atoms with van der Waals surface area (Å²) in [6, 6.07) is 10.2. The molecule has 0 fully saturated rings. The van der Waals surface area contributed by atoms with Crippen molar-refractivity contribution in [1.29, 1.82) is 0 Å². The van der Waals surface area contributed by atoms with E-state index >= 15 is 0 Å². The number of nitrogen functional groups attached to an aromatic ring is 1. The van der Waals surface area contributed by atoms with Crippen molar-refractivity contribution < 1.29 is 48.6 Å². The van der Waals surface area contributed by atoms with Crippen LogP contribution in [0, 0.1) is 5.82 Å². The standard InChI is InChI=1S/C15H12FNO3.Na/c16-11-6-10(7-13(18)19)14(17)12(8-11)15(20)9-4-2-1-3-5-9;/h1-6,8H,7,17H2,(H,18,19);/q;+1/p-1. The first kappa shape index (κ1) is 17.4. The van der Waals surface area contributed by atoms with Crippen LogP contribution in [-0.2, 0) is 11.2 Å². The quantitative estimate of drug-likeness (QED) is 0.399. The van der Waals surface area contributed by atoms with Crippen molar-refractivity contribution >= 4 is 17.4 Å². The van der Waals surface area contributed by atoms with E-state index in [-0.39, 0.29) is 46.4 Å². The largest absolute Gasteiger partial charge is 1.00 e. The van der Waals surface area contributed by atoms with Crippen LogP contribution in [0.1, 0.15) is 21.5 Å². The maximum Gasteiger partial charge on any atom is 1.00 e. The second-order valence-electron chi connectivity index (χ2n) is 4.27. The summed E-state index contributed by atoms with van der Waals surface area (Å²) >= 11 is 0. The Bertz CT molecular complexity index is 674. The Labute approximate surface area is 143 Å². The van der Waals surface area contributed by atoms with Crippen LogP contribution >= 0.6 is 0 Å². The Kier molecular flexibility index (Phi) is 6.08. The van der Waals surface area contributed by atoms with E-state index < -0.39 is 24.0 Å². The van der Waals surface area contributed by atoms with Crippen LogP contribution in [0.5, 0.6) is 0 Å². The maximum atomic E-state index is 13.5. The molecule has 21 heavy (non-hydrogen) atoms. The van der Waals surface area contributed by atoms with E-state index in [2.05, 4.69) is 0 Å². The molecule has 2 aromatic rings. The molecule has 0 saturated heterocycles. The zero-order valence-electron chi connectivity index (χ0n) is 11.4. The first-order valence-electron chi connectivity index (χ1n) is 5.86. The molecule has 4 nitrogen and oxygen atoms in total. The molecule has 0 bridgehead atoms. The van der Waals surface area contributed by atoms with Gasteiger partial charge in [-0.1, -0.05) is 30.3 Å². The summed E-state index contributed by atoms with van der Waals surface area (Å²) in [6.07, 6.45) is -0.543. The predicted molar refractivity (Wildman–Crippen MR) is 69.4 cm³/mol. The average molecular weight is 295 g/mol. The van der Waals surface area contributed by atoms with E-state index in [1.165, 1.54) is 0 Å². The Balaban J connectivity index is 0.00000220. The summed E-state index contributed by atoms with van der Waals surface area (Å²) in [7, 11) is 0. The molecule has 0 aliphatic rings. The maximum absolute atomic E-state index is 13.5. The number of hydrogen-bond donors (Lipinski definition) is 1. The molecule has 0 aliphatic carbocycles. The molecule has 2 rings (SSSR count). The topological polar surface area (TPSA) is 83.2 Å². The van der Waals surface area contributed by atoms with E-state index in [1.54, 1.807) is 30.3 Å². The number of carboxylic acid groups (broad SMARTS) is 1. The Morgan fingerprint density at radius 3 is 2.33 bits per heavy atom. The first-order valence-corrected chi connectivity index (χ1v) is 5.86. The van der Waals surface area contributed by atoms with E-state index in [1.807, 2.05) is 0 Å². The molecule has 0 radical (unpaired) electrons. The van der Waals surface area contributed by atoms with Crippen LogP contribution in [0.15, 0.2) is 42.5 Å². The number of carbonyl (C=O) groups is 2. The smallest absolute Gasteiger partial charge is 0.550 e. The molecule has 0 spiro atoms. The fourth-order valence-corrected chi connectivity index (χ4v) is 1.91. The van der Waals surface area contributed by atoms with Gasteiger partial charge in [0.25, 0.3) is 0 Å². The predicted octanol–water partition coefficient (Wildman–Crippen LogP) is -2.06.